The van der Waals surface area contributed by atoms with Gasteiger partial charge in [-0.05, 0) is 43.3 Å². The zero-order chi connectivity index (χ0) is 14.2. The summed E-state index contributed by atoms with van der Waals surface area (Å²) in [5, 5.41) is 3.00. The Kier molecular flexibility index (Phi) is 6.40. The summed E-state index contributed by atoms with van der Waals surface area (Å²) in [6.45, 7) is 4.05. The number of benzene rings is 1. The largest absolute Gasteiger partial charge is 0.351 e. The van der Waals surface area contributed by atoms with Crippen LogP contribution in [0, 0.1) is 0 Å². The van der Waals surface area contributed by atoms with E-state index in [1.54, 1.807) is 11.8 Å². The number of thioether (sulfide) groups is 1. The maximum atomic E-state index is 11.6. The Labute approximate surface area is 126 Å². The summed E-state index contributed by atoms with van der Waals surface area (Å²) in [4.78, 5) is 14.1. The highest BCUT2D eigenvalue weighted by Crippen LogP contribution is 2.16. The van der Waals surface area contributed by atoms with Crippen LogP contribution in [0.2, 0.25) is 0 Å². The first kappa shape index (κ1) is 15.4. The number of piperidine rings is 1. The van der Waals surface area contributed by atoms with Gasteiger partial charge in [-0.2, -0.15) is 11.8 Å². The Bertz CT molecular complexity index is 430. The van der Waals surface area contributed by atoms with Crippen LogP contribution in [0.3, 0.4) is 0 Å². The predicted molar refractivity (Wildman–Crippen MR) is 85.8 cm³/mol. The molecule has 1 amide bonds. The Morgan fingerprint density at radius 1 is 1.20 bits per heavy atom. The second-order valence-corrected chi connectivity index (χ2v) is 6.18. The highest BCUT2D eigenvalue weighted by molar-refractivity contribution is 7.99. The van der Waals surface area contributed by atoms with Crippen molar-refractivity contribution in [3.05, 3.63) is 35.4 Å². The van der Waals surface area contributed by atoms with E-state index in [1.165, 1.54) is 43.5 Å². The molecular formula is C16H24N2OS. The zero-order valence-electron chi connectivity index (χ0n) is 12.2. The molecule has 4 heteroatoms. The first-order valence-corrected chi connectivity index (χ1v) is 8.74. The Morgan fingerprint density at radius 3 is 2.60 bits per heavy atom. The van der Waals surface area contributed by atoms with E-state index in [-0.39, 0.29) is 5.91 Å². The molecule has 0 spiro atoms. The number of rotatable bonds is 6. The molecule has 1 N–H and O–H groups in total. The van der Waals surface area contributed by atoms with E-state index in [1.807, 2.05) is 6.26 Å². The molecule has 3 nitrogen and oxygen atoms in total. The molecule has 1 aliphatic rings. The van der Waals surface area contributed by atoms with Crippen LogP contribution in [0.4, 0.5) is 0 Å². The molecule has 0 atom stereocenters. The molecule has 1 fully saturated rings. The van der Waals surface area contributed by atoms with Crippen LogP contribution < -0.4 is 5.32 Å². The van der Waals surface area contributed by atoms with Gasteiger partial charge in [0.15, 0.2) is 0 Å². The summed E-state index contributed by atoms with van der Waals surface area (Å²) in [5.41, 5.74) is 2.59. The molecule has 2 rings (SSSR count). The quantitative estimate of drug-likeness (QED) is 0.875. The SMILES string of the molecule is CSCC(=O)NCc1ccccc1CN1CCCCC1. The Morgan fingerprint density at radius 2 is 1.90 bits per heavy atom. The molecule has 0 radical (unpaired) electrons. The standard InChI is InChI=1S/C16H24N2OS/c1-20-13-16(19)17-11-14-7-3-4-8-15(14)12-18-9-5-2-6-10-18/h3-4,7-8H,2,5-6,9-13H2,1H3,(H,17,19). The molecule has 0 unspecified atom stereocenters. The molecule has 1 aromatic rings. The maximum Gasteiger partial charge on any atom is 0.230 e. The molecule has 1 aromatic carbocycles. The molecule has 20 heavy (non-hydrogen) atoms. The number of nitrogens with one attached hydrogen (secondary N) is 1. The van der Waals surface area contributed by atoms with Crippen molar-refractivity contribution in [2.45, 2.75) is 32.4 Å². The predicted octanol–water partition coefficient (Wildman–Crippen LogP) is 2.65. The fraction of sp³-hybridized carbons (Fsp3) is 0.562. The topological polar surface area (TPSA) is 32.3 Å². The highest BCUT2D eigenvalue weighted by atomic mass is 32.2. The highest BCUT2D eigenvalue weighted by Gasteiger charge is 2.12. The molecule has 0 aliphatic carbocycles. The second-order valence-electron chi connectivity index (χ2n) is 5.32. The van der Waals surface area contributed by atoms with Gasteiger partial charge in [0, 0.05) is 13.1 Å². The van der Waals surface area contributed by atoms with Crippen LogP contribution in [-0.4, -0.2) is 35.9 Å². The molecule has 110 valence electrons. The molecule has 0 saturated carbocycles. The van der Waals surface area contributed by atoms with Crippen molar-refractivity contribution in [3.63, 3.8) is 0 Å². The summed E-state index contributed by atoms with van der Waals surface area (Å²) in [7, 11) is 0. The van der Waals surface area contributed by atoms with Crippen LogP contribution in [0.15, 0.2) is 24.3 Å². The number of nitrogens with zero attached hydrogens (tertiary/aromatic N) is 1. The van der Waals surface area contributed by atoms with Crippen molar-refractivity contribution in [2.75, 3.05) is 25.1 Å². The Hall–Kier alpha value is -1.00. The summed E-state index contributed by atoms with van der Waals surface area (Å²) in [6.07, 6.45) is 5.94. The van der Waals surface area contributed by atoms with Gasteiger partial charge in [0.05, 0.1) is 5.75 Å². The van der Waals surface area contributed by atoms with Crippen LogP contribution in [-0.2, 0) is 17.9 Å². The number of hydrogen-bond acceptors (Lipinski definition) is 3. The lowest BCUT2D eigenvalue weighted by Gasteiger charge is -2.27. The molecule has 1 aliphatic heterocycles. The number of likely N-dealkylation sites (tertiary alicyclic amines) is 1. The fourth-order valence-electron chi connectivity index (χ4n) is 2.62. The number of carbonyl (C=O) groups is 1. The van der Waals surface area contributed by atoms with Gasteiger partial charge in [0.25, 0.3) is 0 Å². The summed E-state index contributed by atoms with van der Waals surface area (Å²) in [6, 6.07) is 8.45. The van der Waals surface area contributed by atoms with E-state index in [9.17, 15) is 4.79 Å². The molecule has 1 saturated heterocycles. The molecule has 0 bridgehead atoms. The van der Waals surface area contributed by atoms with Crippen LogP contribution in [0.1, 0.15) is 30.4 Å². The minimum absolute atomic E-state index is 0.116. The average Bonchev–Trinajstić information content (AvgIpc) is 2.48. The van der Waals surface area contributed by atoms with E-state index in [0.29, 0.717) is 12.3 Å². The van der Waals surface area contributed by atoms with Crippen molar-refractivity contribution in [1.82, 2.24) is 10.2 Å². The summed E-state index contributed by atoms with van der Waals surface area (Å²) < 4.78 is 0. The van der Waals surface area contributed by atoms with E-state index in [2.05, 4.69) is 34.5 Å². The summed E-state index contributed by atoms with van der Waals surface area (Å²) in [5.74, 6) is 0.652. The van der Waals surface area contributed by atoms with Gasteiger partial charge in [0.2, 0.25) is 5.91 Å². The fourth-order valence-corrected chi connectivity index (χ4v) is 2.98. The number of carbonyl (C=O) groups excluding carboxylic acids is 1. The zero-order valence-corrected chi connectivity index (χ0v) is 13.0. The number of hydrogen-bond donors (Lipinski definition) is 1. The van der Waals surface area contributed by atoms with E-state index < -0.39 is 0 Å². The van der Waals surface area contributed by atoms with Crippen LogP contribution in [0.25, 0.3) is 0 Å². The van der Waals surface area contributed by atoms with Gasteiger partial charge in [-0.1, -0.05) is 30.7 Å². The van der Waals surface area contributed by atoms with Gasteiger partial charge in [-0.15, -0.1) is 0 Å². The monoisotopic (exact) mass is 292 g/mol. The molecule has 1 heterocycles. The minimum atomic E-state index is 0.116. The van der Waals surface area contributed by atoms with Crippen molar-refractivity contribution in [1.29, 1.82) is 0 Å². The first-order valence-electron chi connectivity index (χ1n) is 7.34. The average molecular weight is 292 g/mol. The lowest BCUT2D eigenvalue weighted by Crippen LogP contribution is -2.30. The van der Waals surface area contributed by atoms with Gasteiger partial charge >= 0.3 is 0 Å². The smallest absolute Gasteiger partial charge is 0.230 e. The maximum absolute atomic E-state index is 11.6. The normalized spacial score (nSPS) is 16.1. The van der Waals surface area contributed by atoms with Crippen molar-refractivity contribution >= 4 is 17.7 Å². The van der Waals surface area contributed by atoms with Gasteiger partial charge in [-0.3, -0.25) is 9.69 Å². The molecule has 0 aromatic heterocycles. The molecular weight excluding hydrogens is 268 g/mol. The van der Waals surface area contributed by atoms with E-state index in [4.69, 9.17) is 0 Å². The van der Waals surface area contributed by atoms with Crippen molar-refractivity contribution < 1.29 is 4.79 Å². The third-order valence-corrected chi connectivity index (χ3v) is 4.26. The van der Waals surface area contributed by atoms with Gasteiger partial charge in [0.1, 0.15) is 0 Å². The van der Waals surface area contributed by atoms with Gasteiger partial charge < -0.3 is 5.32 Å². The second kappa shape index (κ2) is 8.32. The third kappa shape index (κ3) is 4.84. The number of amides is 1. The van der Waals surface area contributed by atoms with Crippen LogP contribution in [0.5, 0.6) is 0 Å². The van der Waals surface area contributed by atoms with Crippen molar-refractivity contribution in [3.8, 4) is 0 Å². The minimum Gasteiger partial charge on any atom is -0.351 e. The lowest BCUT2D eigenvalue weighted by atomic mass is 10.0. The van der Waals surface area contributed by atoms with Crippen molar-refractivity contribution in [2.24, 2.45) is 0 Å². The van der Waals surface area contributed by atoms with E-state index >= 15 is 0 Å². The Balaban J connectivity index is 1.93. The van der Waals surface area contributed by atoms with Crippen LogP contribution >= 0.6 is 11.8 Å². The first-order chi connectivity index (χ1) is 9.79. The van der Waals surface area contributed by atoms with Gasteiger partial charge in [-0.25, -0.2) is 0 Å². The third-order valence-electron chi connectivity index (χ3n) is 3.71. The lowest BCUT2D eigenvalue weighted by molar-refractivity contribution is -0.118. The van der Waals surface area contributed by atoms with E-state index in [0.717, 1.165) is 6.54 Å². The summed E-state index contributed by atoms with van der Waals surface area (Å²) >= 11 is 1.56.